The molecular weight excluding hydrogens is 623 g/mol. The van der Waals surface area contributed by atoms with Crippen LogP contribution in [0.2, 0.25) is 12.6 Å². The molecule has 0 aliphatic carbocycles. The summed E-state index contributed by atoms with van der Waals surface area (Å²) in [6.07, 6.45) is 14.0. The number of Topliss-reactive ketones (excluding diaryl/α,β-unsaturated/α-hetero) is 3. The van der Waals surface area contributed by atoms with Gasteiger partial charge in [-0.2, -0.15) is 0 Å². The second-order valence-electron chi connectivity index (χ2n) is 14.3. The molecule has 0 unspecified atom stereocenters. The zero-order valence-corrected chi connectivity index (χ0v) is 31.5. The molecule has 12 heteroatoms. The monoisotopic (exact) mass is 695 g/mol. The molecule has 0 fully saturated rings. The molecule has 11 nitrogen and oxygen atoms in total. The van der Waals surface area contributed by atoms with Gasteiger partial charge in [0.25, 0.3) is 6.92 Å². The second-order valence-corrected chi connectivity index (χ2v) is 14.3. The lowest BCUT2D eigenvalue weighted by Crippen LogP contribution is -2.51. The van der Waals surface area contributed by atoms with Gasteiger partial charge in [-0.25, -0.2) is 0 Å². The zero-order chi connectivity index (χ0) is 37.2. The van der Waals surface area contributed by atoms with Crippen molar-refractivity contribution < 1.29 is 34.1 Å². The van der Waals surface area contributed by atoms with Crippen molar-refractivity contribution in [1.82, 2.24) is 10.6 Å². The highest BCUT2D eigenvalue weighted by molar-refractivity contribution is 6.50. The van der Waals surface area contributed by atoms with E-state index in [1.807, 2.05) is 0 Å². The van der Waals surface area contributed by atoms with Gasteiger partial charge in [-0.05, 0) is 57.9 Å². The van der Waals surface area contributed by atoms with Crippen LogP contribution in [0.1, 0.15) is 150 Å². The summed E-state index contributed by atoms with van der Waals surface area (Å²) in [5, 5.41) is 25.6. The van der Waals surface area contributed by atoms with Gasteiger partial charge in [0, 0.05) is 37.5 Å². The lowest BCUT2D eigenvalue weighted by atomic mass is 9.58. The molecule has 284 valence electrons. The number of aliphatic hydroxyl groups is 1. The number of carbonyl (C=O) groups is 5. The third kappa shape index (κ3) is 22.3. The summed E-state index contributed by atoms with van der Waals surface area (Å²) >= 11 is 0. The molecule has 49 heavy (non-hydrogen) atoms. The predicted octanol–water partition coefficient (Wildman–Crippen LogP) is 4.65. The minimum Gasteiger partial charge on any atom is -0.450 e. The van der Waals surface area contributed by atoms with Gasteiger partial charge in [0.15, 0.2) is 11.6 Å². The molecule has 0 aliphatic rings. The highest BCUT2D eigenvalue weighted by Crippen LogP contribution is 2.19. The van der Waals surface area contributed by atoms with Gasteiger partial charge in [-0.3, -0.25) is 24.0 Å². The second kappa shape index (κ2) is 28.5. The Morgan fingerprint density at radius 2 is 1.24 bits per heavy atom. The molecule has 0 bridgehead atoms. The van der Waals surface area contributed by atoms with Crippen LogP contribution in [0.25, 0.3) is 0 Å². The minimum absolute atomic E-state index is 0.0202. The average Bonchev–Trinajstić information content (AvgIpc) is 3.04. The molecule has 0 aliphatic heterocycles. The number of carbonyl (C=O) groups excluding carboxylic acids is 5. The van der Waals surface area contributed by atoms with E-state index in [0.29, 0.717) is 32.2 Å². The first-order valence-electron chi connectivity index (χ1n) is 19.2. The first-order valence-corrected chi connectivity index (χ1v) is 19.2. The molecule has 2 amide bonds. The van der Waals surface area contributed by atoms with E-state index in [2.05, 4.69) is 17.6 Å². The molecular formula is C37H71BN4O7. The number of ketones is 3. The van der Waals surface area contributed by atoms with Crippen LogP contribution >= 0.6 is 0 Å². The van der Waals surface area contributed by atoms with Crippen LogP contribution in [-0.2, 0) is 24.0 Å². The molecule has 6 atom stereocenters. The van der Waals surface area contributed by atoms with E-state index in [9.17, 15) is 34.1 Å². The molecule has 0 rings (SSSR count). The summed E-state index contributed by atoms with van der Waals surface area (Å²) in [6.45, 7) is 8.51. The van der Waals surface area contributed by atoms with Crippen molar-refractivity contribution in [3.05, 3.63) is 0 Å². The normalized spacial score (nSPS) is 15.0. The lowest BCUT2D eigenvalue weighted by molar-refractivity contribution is -0.136. The zero-order valence-electron chi connectivity index (χ0n) is 31.5. The largest absolute Gasteiger partial charge is 0.450 e. The van der Waals surface area contributed by atoms with E-state index in [-0.39, 0.29) is 49.6 Å². The summed E-state index contributed by atoms with van der Waals surface area (Å²) in [4.78, 5) is 65.3. The van der Waals surface area contributed by atoms with E-state index in [4.69, 9.17) is 11.5 Å². The maximum atomic E-state index is 13.3. The van der Waals surface area contributed by atoms with Gasteiger partial charge in [0.2, 0.25) is 11.8 Å². The molecule has 0 aromatic carbocycles. The fourth-order valence-corrected chi connectivity index (χ4v) is 5.90. The van der Waals surface area contributed by atoms with Crippen molar-refractivity contribution in [1.29, 1.82) is 0 Å². The Hall–Kier alpha value is -2.15. The van der Waals surface area contributed by atoms with Crippen molar-refractivity contribution in [2.75, 3.05) is 13.1 Å². The third-order valence-corrected chi connectivity index (χ3v) is 9.50. The third-order valence-electron chi connectivity index (χ3n) is 9.50. The Balaban J connectivity index is 5.02. The van der Waals surface area contributed by atoms with E-state index in [0.717, 1.165) is 19.3 Å². The molecule has 0 saturated heterocycles. The Morgan fingerprint density at radius 1 is 0.673 bits per heavy atom. The number of hydrogen-bond acceptors (Lipinski definition) is 9. The van der Waals surface area contributed by atoms with Crippen LogP contribution in [0.5, 0.6) is 0 Å². The molecule has 0 radical (unpaired) electrons. The SMILES string of the molecule is CCCCCCCCCCCCCC(=O)C[C@@H](CCN)C(=O)N[C@H](C(=O)C[C@@H](C)C(=O)N[C@@H](CCCCN)C(=O)C[C@@H](C)B(C)O)[C@@H](C)O. The van der Waals surface area contributed by atoms with E-state index >= 15 is 0 Å². The summed E-state index contributed by atoms with van der Waals surface area (Å²) < 4.78 is 0. The summed E-state index contributed by atoms with van der Waals surface area (Å²) in [7, 11) is 0. The van der Waals surface area contributed by atoms with Gasteiger partial charge < -0.3 is 32.2 Å². The van der Waals surface area contributed by atoms with Crippen molar-refractivity contribution >= 4 is 36.1 Å². The first-order chi connectivity index (χ1) is 23.3. The number of aliphatic hydroxyl groups excluding tert-OH is 1. The summed E-state index contributed by atoms with van der Waals surface area (Å²) in [5.41, 5.74) is 11.4. The summed E-state index contributed by atoms with van der Waals surface area (Å²) in [6, 6.07) is -2.04. The van der Waals surface area contributed by atoms with E-state index < -0.39 is 54.5 Å². The molecule has 0 heterocycles. The first kappa shape index (κ1) is 46.9. The number of amides is 2. The van der Waals surface area contributed by atoms with Crippen molar-refractivity contribution in [3.8, 4) is 0 Å². The highest BCUT2D eigenvalue weighted by atomic mass is 16.3. The topological polar surface area (TPSA) is 202 Å². The fourth-order valence-electron chi connectivity index (χ4n) is 5.90. The smallest absolute Gasteiger partial charge is 0.289 e. The van der Waals surface area contributed by atoms with Gasteiger partial charge in [-0.15, -0.1) is 0 Å². The number of hydrogen-bond donors (Lipinski definition) is 6. The quantitative estimate of drug-likeness (QED) is 0.0428. The number of unbranched alkanes of at least 4 members (excludes halogenated alkanes) is 11. The number of nitrogens with two attached hydrogens (primary N) is 2. The van der Waals surface area contributed by atoms with E-state index in [1.165, 1.54) is 58.3 Å². The molecule has 8 N–H and O–H groups in total. The van der Waals surface area contributed by atoms with E-state index in [1.54, 1.807) is 20.7 Å². The Bertz CT molecular complexity index is 950. The fraction of sp³-hybridized carbons (Fsp3) is 0.865. The molecule has 0 spiro atoms. The minimum atomic E-state index is -1.27. The molecule has 0 aromatic rings. The lowest BCUT2D eigenvalue weighted by Gasteiger charge is -2.25. The predicted molar refractivity (Wildman–Crippen MR) is 198 cm³/mol. The number of nitrogens with one attached hydrogen (secondary N) is 2. The van der Waals surface area contributed by atoms with Crippen LogP contribution in [0.15, 0.2) is 0 Å². The van der Waals surface area contributed by atoms with Crippen molar-refractivity contribution in [3.63, 3.8) is 0 Å². The Kier molecular flexibility index (Phi) is 27.3. The van der Waals surface area contributed by atoms with Gasteiger partial charge in [0.1, 0.15) is 11.8 Å². The van der Waals surface area contributed by atoms with Crippen LogP contribution in [0.4, 0.5) is 0 Å². The van der Waals surface area contributed by atoms with Gasteiger partial charge in [0.05, 0.1) is 12.1 Å². The summed E-state index contributed by atoms with van der Waals surface area (Å²) in [5.74, 6) is -3.59. The van der Waals surface area contributed by atoms with Crippen LogP contribution in [0.3, 0.4) is 0 Å². The number of rotatable bonds is 32. The Labute approximate surface area is 297 Å². The Morgan fingerprint density at radius 3 is 1.76 bits per heavy atom. The highest BCUT2D eigenvalue weighted by Gasteiger charge is 2.32. The van der Waals surface area contributed by atoms with Crippen LogP contribution in [0, 0.1) is 11.8 Å². The van der Waals surface area contributed by atoms with Crippen LogP contribution in [-0.4, -0.2) is 77.5 Å². The van der Waals surface area contributed by atoms with Crippen molar-refractivity contribution in [2.45, 2.75) is 181 Å². The van der Waals surface area contributed by atoms with Crippen molar-refractivity contribution in [2.24, 2.45) is 23.3 Å². The van der Waals surface area contributed by atoms with Gasteiger partial charge in [-0.1, -0.05) is 91.8 Å². The molecule has 0 aromatic heterocycles. The maximum absolute atomic E-state index is 13.3. The standard InChI is InChI=1S/C37H71BN4O7/c1-6-7-8-9-10-11-12-13-14-15-16-19-31(44)26-30(21-23-40)37(48)42-35(29(4)43)34(46)24-27(2)36(47)41-32(20-17-18-22-39)33(45)25-28(3)38(5)49/h27-30,32,35,43,49H,6-26,39-40H2,1-5H3,(H,41,47)(H,42,48)/t27-,28-,29-,30-,32+,35+/m1/s1. The molecule has 0 saturated carbocycles. The maximum Gasteiger partial charge on any atom is 0.289 e. The van der Waals surface area contributed by atoms with Crippen LogP contribution < -0.4 is 22.1 Å². The average molecular weight is 695 g/mol. The van der Waals surface area contributed by atoms with Gasteiger partial charge >= 0.3 is 0 Å².